The van der Waals surface area contributed by atoms with Crippen molar-refractivity contribution in [3.8, 4) is 6.07 Å². The summed E-state index contributed by atoms with van der Waals surface area (Å²) in [4.78, 5) is 12.6. The molecule has 0 amide bonds. The molecule has 1 unspecified atom stereocenters. The van der Waals surface area contributed by atoms with Gasteiger partial charge in [0.2, 0.25) is 0 Å². The summed E-state index contributed by atoms with van der Waals surface area (Å²) in [6.45, 7) is 1.93. The van der Waals surface area contributed by atoms with Gasteiger partial charge in [-0.15, -0.1) is 0 Å². The molecular formula is C15H14ClN3O. The highest BCUT2D eigenvalue weighted by molar-refractivity contribution is 6.30. The van der Waals surface area contributed by atoms with E-state index >= 15 is 0 Å². The molecule has 1 atom stereocenters. The topological polar surface area (TPSA) is 58.7 Å². The summed E-state index contributed by atoms with van der Waals surface area (Å²) >= 11 is 5.92. The zero-order valence-corrected chi connectivity index (χ0v) is 12.1. The standard InChI is InChI=1S/C15H14ClN3O/c1-3-14-13(9-19(2)18-14)15(20)12(8-17)10-5-4-6-11(16)7-10/h4-7,9,12H,3H2,1-2H3. The van der Waals surface area contributed by atoms with Gasteiger partial charge in [0.25, 0.3) is 0 Å². The molecule has 0 spiro atoms. The van der Waals surface area contributed by atoms with Gasteiger partial charge in [-0.25, -0.2) is 0 Å². The number of Topliss-reactive ketones (excluding diaryl/α,β-unsaturated/α-hetero) is 1. The van der Waals surface area contributed by atoms with Crippen LogP contribution in [0.15, 0.2) is 30.5 Å². The van der Waals surface area contributed by atoms with Crippen molar-refractivity contribution in [1.29, 1.82) is 5.26 Å². The molecule has 0 fully saturated rings. The first kappa shape index (κ1) is 14.3. The molecule has 0 aliphatic carbocycles. The maximum absolute atomic E-state index is 12.6. The highest BCUT2D eigenvalue weighted by atomic mass is 35.5. The number of benzene rings is 1. The van der Waals surface area contributed by atoms with Crippen molar-refractivity contribution in [1.82, 2.24) is 9.78 Å². The Bertz CT molecular complexity index is 685. The van der Waals surface area contributed by atoms with E-state index in [9.17, 15) is 10.1 Å². The summed E-state index contributed by atoms with van der Waals surface area (Å²) in [5, 5.41) is 14.1. The highest BCUT2D eigenvalue weighted by Crippen LogP contribution is 2.24. The fourth-order valence-electron chi connectivity index (χ4n) is 2.13. The van der Waals surface area contributed by atoms with Gasteiger partial charge in [0.15, 0.2) is 5.78 Å². The molecule has 5 heteroatoms. The zero-order chi connectivity index (χ0) is 14.7. The Kier molecular flexibility index (Phi) is 4.21. The van der Waals surface area contributed by atoms with Crippen molar-refractivity contribution in [2.24, 2.45) is 7.05 Å². The minimum absolute atomic E-state index is 0.236. The first-order valence-electron chi connectivity index (χ1n) is 6.28. The van der Waals surface area contributed by atoms with Gasteiger partial charge in [-0.1, -0.05) is 30.7 Å². The van der Waals surface area contributed by atoms with Crippen LogP contribution < -0.4 is 0 Å². The summed E-state index contributed by atoms with van der Waals surface area (Å²) in [7, 11) is 1.76. The van der Waals surface area contributed by atoms with Gasteiger partial charge in [-0.2, -0.15) is 10.4 Å². The van der Waals surface area contributed by atoms with Crippen molar-refractivity contribution in [3.05, 3.63) is 52.3 Å². The number of aromatic nitrogens is 2. The van der Waals surface area contributed by atoms with E-state index in [0.717, 1.165) is 0 Å². The van der Waals surface area contributed by atoms with Crippen LogP contribution in [-0.4, -0.2) is 15.6 Å². The van der Waals surface area contributed by atoms with E-state index in [0.29, 0.717) is 28.3 Å². The summed E-state index contributed by atoms with van der Waals surface area (Å²) in [6, 6.07) is 8.89. The molecule has 0 radical (unpaired) electrons. The Hall–Kier alpha value is -2.12. The van der Waals surface area contributed by atoms with E-state index in [2.05, 4.69) is 11.2 Å². The maximum atomic E-state index is 12.6. The van der Waals surface area contributed by atoms with Gasteiger partial charge >= 0.3 is 0 Å². The van der Waals surface area contributed by atoms with E-state index in [1.807, 2.05) is 6.92 Å². The van der Waals surface area contributed by atoms with Gasteiger partial charge < -0.3 is 0 Å². The lowest BCUT2D eigenvalue weighted by Gasteiger charge is -2.08. The molecule has 0 aliphatic rings. The lowest BCUT2D eigenvalue weighted by molar-refractivity contribution is 0.0978. The highest BCUT2D eigenvalue weighted by Gasteiger charge is 2.25. The number of rotatable bonds is 4. The largest absolute Gasteiger partial charge is 0.292 e. The predicted octanol–water partition coefficient (Wildman–Crippen LogP) is 3.13. The summed E-state index contributed by atoms with van der Waals surface area (Å²) in [5.74, 6) is -1.09. The number of hydrogen-bond acceptors (Lipinski definition) is 3. The quantitative estimate of drug-likeness (QED) is 0.812. The number of nitriles is 1. The van der Waals surface area contributed by atoms with Gasteiger partial charge in [-0.3, -0.25) is 9.48 Å². The van der Waals surface area contributed by atoms with Crippen LogP contribution in [0.1, 0.15) is 34.5 Å². The molecular weight excluding hydrogens is 274 g/mol. The van der Waals surface area contributed by atoms with E-state index in [4.69, 9.17) is 11.6 Å². The van der Waals surface area contributed by atoms with Crippen LogP contribution >= 0.6 is 11.6 Å². The molecule has 0 bridgehead atoms. The van der Waals surface area contributed by atoms with Crippen molar-refractivity contribution >= 4 is 17.4 Å². The van der Waals surface area contributed by atoms with Crippen LogP contribution in [-0.2, 0) is 13.5 Å². The van der Waals surface area contributed by atoms with Crippen molar-refractivity contribution in [2.45, 2.75) is 19.3 Å². The van der Waals surface area contributed by atoms with Crippen LogP contribution in [0.25, 0.3) is 0 Å². The fourth-order valence-corrected chi connectivity index (χ4v) is 2.33. The molecule has 1 aromatic carbocycles. The van der Waals surface area contributed by atoms with Crippen molar-refractivity contribution in [3.63, 3.8) is 0 Å². The van der Waals surface area contributed by atoms with Crippen LogP contribution in [0.3, 0.4) is 0 Å². The number of nitrogens with zero attached hydrogens (tertiary/aromatic N) is 3. The van der Waals surface area contributed by atoms with Gasteiger partial charge in [0.1, 0.15) is 5.92 Å². The Morgan fingerprint density at radius 2 is 2.30 bits per heavy atom. The molecule has 1 heterocycles. The average Bonchev–Trinajstić information content (AvgIpc) is 2.81. The zero-order valence-electron chi connectivity index (χ0n) is 11.3. The normalized spacial score (nSPS) is 11.9. The molecule has 0 aliphatic heterocycles. The van der Waals surface area contributed by atoms with Crippen molar-refractivity contribution < 1.29 is 4.79 Å². The second kappa shape index (κ2) is 5.89. The monoisotopic (exact) mass is 287 g/mol. The van der Waals surface area contributed by atoms with Crippen LogP contribution in [0, 0.1) is 11.3 Å². The lowest BCUT2D eigenvalue weighted by atomic mass is 9.92. The molecule has 4 nitrogen and oxygen atoms in total. The first-order valence-corrected chi connectivity index (χ1v) is 6.66. The number of carbonyl (C=O) groups excluding carboxylic acids is 1. The van der Waals surface area contributed by atoms with E-state index in [-0.39, 0.29) is 5.78 Å². The third-order valence-electron chi connectivity index (χ3n) is 3.08. The average molecular weight is 288 g/mol. The molecule has 0 saturated heterocycles. The summed E-state index contributed by atoms with van der Waals surface area (Å²) in [5.41, 5.74) is 1.82. The maximum Gasteiger partial charge on any atom is 0.187 e. The van der Waals surface area contributed by atoms with Crippen LogP contribution in [0.2, 0.25) is 5.02 Å². The minimum atomic E-state index is -0.858. The molecule has 102 valence electrons. The lowest BCUT2D eigenvalue weighted by Crippen LogP contribution is -2.12. The number of aryl methyl sites for hydroxylation is 2. The number of carbonyl (C=O) groups is 1. The van der Waals surface area contributed by atoms with Gasteiger partial charge in [-0.05, 0) is 24.1 Å². The second-order valence-electron chi connectivity index (χ2n) is 4.50. The SMILES string of the molecule is CCc1nn(C)cc1C(=O)C(C#N)c1cccc(Cl)c1. The third-order valence-corrected chi connectivity index (χ3v) is 3.31. The van der Waals surface area contributed by atoms with Crippen LogP contribution in [0.4, 0.5) is 0 Å². The fraction of sp³-hybridized carbons (Fsp3) is 0.267. The third kappa shape index (κ3) is 2.73. The summed E-state index contributed by atoms with van der Waals surface area (Å²) < 4.78 is 1.60. The van der Waals surface area contributed by atoms with Gasteiger partial charge in [0, 0.05) is 18.3 Å². The predicted molar refractivity (Wildman–Crippen MR) is 76.7 cm³/mol. The molecule has 2 aromatic rings. The minimum Gasteiger partial charge on any atom is -0.292 e. The molecule has 20 heavy (non-hydrogen) atoms. The van der Waals surface area contributed by atoms with E-state index in [1.165, 1.54) is 0 Å². The number of ketones is 1. The Balaban J connectivity index is 2.42. The molecule has 0 N–H and O–H groups in total. The number of hydrogen-bond donors (Lipinski definition) is 0. The number of halogens is 1. The smallest absolute Gasteiger partial charge is 0.187 e. The molecule has 0 saturated carbocycles. The Labute approximate surface area is 122 Å². The first-order chi connectivity index (χ1) is 9.56. The van der Waals surface area contributed by atoms with Gasteiger partial charge in [0.05, 0.1) is 17.3 Å². The molecule has 2 rings (SSSR count). The van der Waals surface area contributed by atoms with Crippen molar-refractivity contribution in [2.75, 3.05) is 0 Å². The second-order valence-corrected chi connectivity index (χ2v) is 4.93. The van der Waals surface area contributed by atoms with E-state index in [1.54, 1.807) is 42.2 Å². The summed E-state index contributed by atoms with van der Waals surface area (Å²) in [6.07, 6.45) is 2.31. The Morgan fingerprint density at radius 1 is 1.55 bits per heavy atom. The Morgan fingerprint density at radius 3 is 2.90 bits per heavy atom. The van der Waals surface area contributed by atoms with E-state index < -0.39 is 5.92 Å². The van der Waals surface area contributed by atoms with Crippen LogP contribution in [0.5, 0.6) is 0 Å². The molecule has 1 aromatic heterocycles.